The number of pyridine rings is 1. The van der Waals surface area contributed by atoms with Crippen LogP contribution in [0.25, 0.3) is 21.9 Å². The number of nitrogen functional groups attached to an aromatic ring is 1. The molecule has 0 radical (unpaired) electrons. The number of carbonyl (C=O) groups is 1. The first kappa shape index (κ1) is 19.2. The zero-order valence-electron chi connectivity index (χ0n) is 16.6. The lowest BCUT2D eigenvalue weighted by Crippen LogP contribution is -2.15. The van der Waals surface area contributed by atoms with Gasteiger partial charge in [-0.05, 0) is 59.2 Å². The number of benzene rings is 2. The van der Waals surface area contributed by atoms with Gasteiger partial charge in [-0.25, -0.2) is 13.8 Å². The number of nitrogens with zero attached hydrogens (tertiary/aromatic N) is 3. The van der Waals surface area contributed by atoms with Gasteiger partial charge in [-0.1, -0.05) is 6.07 Å². The summed E-state index contributed by atoms with van der Waals surface area (Å²) in [6, 6.07) is 8.53. The van der Waals surface area contributed by atoms with Crippen LogP contribution in [0.4, 0.5) is 20.3 Å². The van der Waals surface area contributed by atoms with Gasteiger partial charge in [0.2, 0.25) is 5.91 Å². The van der Waals surface area contributed by atoms with E-state index in [2.05, 4.69) is 15.4 Å². The summed E-state index contributed by atoms with van der Waals surface area (Å²) < 4.78 is 30.2. The summed E-state index contributed by atoms with van der Waals surface area (Å²) >= 11 is 0. The van der Waals surface area contributed by atoms with Gasteiger partial charge in [0.15, 0.2) is 0 Å². The second-order valence-corrected chi connectivity index (χ2v) is 7.84. The van der Waals surface area contributed by atoms with Gasteiger partial charge in [0, 0.05) is 36.4 Å². The van der Waals surface area contributed by atoms with Crippen LogP contribution in [0.1, 0.15) is 17.9 Å². The molecule has 0 bridgehead atoms. The molecule has 2 atom stereocenters. The van der Waals surface area contributed by atoms with Crippen molar-refractivity contribution in [1.82, 2.24) is 14.8 Å². The van der Waals surface area contributed by atoms with E-state index < -0.39 is 11.6 Å². The van der Waals surface area contributed by atoms with Crippen molar-refractivity contribution in [2.45, 2.75) is 12.3 Å². The Balaban J connectivity index is 1.42. The molecule has 8 heteroatoms. The van der Waals surface area contributed by atoms with Crippen molar-refractivity contribution >= 4 is 28.2 Å². The van der Waals surface area contributed by atoms with Gasteiger partial charge in [-0.2, -0.15) is 5.10 Å². The van der Waals surface area contributed by atoms with Crippen LogP contribution in [-0.2, 0) is 11.8 Å². The minimum Gasteiger partial charge on any atom is -0.398 e. The SMILES string of the molecule is Cn1cc(C2CC2C(=O)Nc2cc3cc(-c4c(F)cccc4F)cc(N)c3cn2)cn1. The van der Waals surface area contributed by atoms with Crippen molar-refractivity contribution in [1.29, 1.82) is 0 Å². The van der Waals surface area contributed by atoms with Crippen molar-refractivity contribution in [2.24, 2.45) is 13.0 Å². The Kier molecular flexibility index (Phi) is 4.43. The maximum atomic E-state index is 14.2. The van der Waals surface area contributed by atoms with E-state index in [0.717, 1.165) is 12.0 Å². The van der Waals surface area contributed by atoms with Gasteiger partial charge in [-0.15, -0.1) is 0 Å². The van der Waals surface area contributed by atoms with Crippen LogP contribution in [0.2, 0.25) is 0 Å². The number of amides is 1. The molecule has 1 aliphatic rings. The lowest BCUT2D eigenvalue weighted by atomic mass is 10.00. The van der Waals surface area contributed by atoms with Gasteiger partial charge < -0.3 is 11.1 Å². The van der Waals surface area contributed by atoms with Crippen LogP contribution >= 0.6 is 0 Å². The summed E-state index contributed by atoms with van der Waals surface area (Å²) in [6.45, 7) is 0. The molecule has 6 nitrogen and oxygen atoms in total. The molecular formula is C23H19F2N5O. The van der Waals surface area contributed by atoms with E-state index in [1.54, 1.807) is 29.2 Å². The van der Waals surface area contributed by atoms with E-state index >= 15 is 0 Å². The number of anilines is 2. The van der Waals surface area contributed by atoms with Crippen LogP contribution in [0.3, 0.4) is 0 Å². The first-order valence-electron chi connectivity index (χ1n) is 9.84. The zero-order valence-corrected chi connectivity index (χ0v) is 16.6. The molecule has 1 saturated carbocycles. The average Bonchev–Trinajstić information content (AvgIpc) is 3.41. The van der Waals surface area contributed by atoms with E-state index in [9.17, 15) is 13.6 Å². The molecule has 0 spiro atoms. The Hall–Kier alpha value is -3.81. The highest BCUT2D eigenvalue weighted by molar-refractivity contribution is 6.00. The molecule has 0 aliphatic heterocycles. The molecule has 31 heavy (non-hydrogen) atoms. The summed E-state index contributed by atoms with van der Waals surface area (Å²) in [5, 5.41) is 8.25. The van der Waals surface area contributed by atoms with Crippen molar-refractivity contribution in [3.63, 3.8) is 0 Å². The van der Waals surface area contributed by atoms with Crippen LogP contribution < -0.4 is 11.1 Å². The molecule has 1 amide bonds. The van der Waals surface area contributed by atoms with E-state index in [1.807, 2.05) is 13.2 Å². The Morgan fingerprint density at radius 1 is 1.19 bits per heavy atom. The number of fused-ring (bicyclic) bond motifs is 1. The maximum Gasteiger partial charge on any atom is 0.229 e. The van der Waals surface area contributed by atoms with Crippen LogP contribution in [0.5, 0.6) is 0 Å². The molecule has 2 aromatic heterocycles. The Labute approximate surface area is 176 Å². The molecule has 3 N–H and O–H groups in total. The van der Waals surface area contributed by atoms with E-state index in [0.29, 0.717) is 27.8 Å². The maximum absolute atomic E-state index is 14.2. The molecule has 2 aromatic carbocycles. The molecule has 4 aromatic rings. The fraction of sp³-hybridized carbons (Fsp3) is 0.174. The third-order valence-electron chi connectivity index (χ3n) is 5.65. The van der Waals surface area contributed by atoms with Gasteiger partial charge in [-0.3, -0.25) is 9.48 Å². The second kappa shape index (κ2) is 7.16. The van der Waals surface area contributed by atoms with Crippen LogP contribution in [0.15, 0.2) is 55.0 Å². The van der Waals surface area contributed by atoms with E-state index in [-0.39, 0.29) is 23.3 Å². The van der Waals surface area contributed by atoms with Crippen LogP contribution in [0, 0.1) is 17.6 Å². The normalized spacial score (nSPS) is 17.6. The second-order valence-electron chi connectivity index (χ2n) is 7.84. The molecular weight excluding hydrogens is 400 g/mol. The predicted molar refractivity (Wildman–Crippen MR) is 114 cm³/mol. The average molecular weight is 419 g/mol. The van der Waals surface area contributed by atoms with Crippen molar-refractivity contribution < 1.29 is 13.6 Å². The molecule has 2 unspecified atom stereocenters. The van der Waals surface area contributed by atoms with Crippen LogP contribution in [-0.4, -0.2) is 20.7 Å². The topological polar surface area (TPSA) is 85.8 Å². The highest BCUT2D eigenvalue weighted by Crippen LogP contribution is 2.47. The fourth-order valence-electron chi connectivity index (χ4n) is 3.98. The van der Waals surface area contributed by atoms with E-state index in [1.165, 1.54) is 24.3 Å². The van der Waals surface area contributed by atoms with Gasteiger partial charge >= 0.3 is 0 Å². The van der Waals surface area contributed by atoms with Crippen molar-refractivity contribution in [2.75, 3.05) is 11.1 Å². The number of halogens is 2. The molecule has 5 rings (SSSR count). The summed E-state index contributed by atoms with van der Waals surface area (Å²) in [5.41, 5.74) is 7.67. The largest absolute Gasteiger partial charge is 0.398 e. The number of hydrogen-bond donors (Lipinski definition) is 2. The first-order chi connectivity index (χ1) is 14.9. The Morgan fingerprint density at radius 2 is 1.97 bits per heavy atom. The molecule has 1 fully saturated rings. The predicted octanol–water partition coefficient (Wildman–Crippen LogP) is 4.24. The third kappa shape index (κ3) is 3.50. The number of aromatic nitrogens is 3. The first-order valence-corrected chi connectivity index (χ1v) is 9.84. The minimum absolute atomic E-state index is 0.120. The monoisotopic (exact) mass is 419 g/mol. The van der Waals surface area contributed by atoms with Crippen molar-refractivity contribution in [3.05, 3.63) is 72.2 Å². The number of rotatable bonds is 4. The summed E-state index contributed by atoms with van der Waals surface area (Å²) in [6.07, 6.45) is 6.00. The Bertz CT molecular complexity index is 1310. The summed E-state index contributed by atoms with van der Waals surface area (Å²) in [4.78, 5) is 16.9. The lowest BCUT2D eigenvalue weighted by molar-refractivity contribution is -0.117. The number of nitrogens with two attached hydrogens (primary N) is 1. The third-order valence-corrected chi connectivity index (χ3v) is 5.65. The van der Waals surface area contributed by atoms with Gasteiger partial charge in [0.05, 0.1) is 11.8 Å². The smallest absolute Gasteiger partial charge is 0.229 e. The molecule has 156 valence electrons. The van der Waals surface area contributed by atoms with Gasteiger partial charge in [0.1, 0.15) is 17.5 Å². The zero-order chi connectivity index (χ0) is 21.7. The highest BCUT2D eigenvalue weighted by Gasteiger charge is 2.44. The molecule has 1 aliphatic carbocycles. The summed E-state index contributed by atoms with van der Waals surface area (Å²) in [7, 11) is 1.84. The van der Waals surface area contributed by atoms with E-state index in [4.69, 9.17) is 5.73 Å². The fourth-order valence-corrected chi connectivity index (χ4v) is 3.98. The number of carbonyl (C=O) groups excluding carboxylic acids is 1. The minimum atomic E-state index is -0.670. The number of aryl methyl sites for hydroxylation is 1. The quantitative estimate of drug-likeness (QED) is 0.485. The molecule has 0 saturated heterocycles. The van der Waals surface area contributed by atoms with Crippen molar-refractivity contribution in [3.8, 4) is 11.1 Å². The molecule has 2 heterocycles. The van der Waals surface area contributed by atoms with Gasteiger partial charge in [0.25, 0.3) is 0 Å². The highest BCUT2D eigenvalue weighted by atomic mass is 19.1. The lowest BCUT2D eigenvalue weighted by Gasteiger charge is -2.11. The Morgan fingerprint density at radius 3 is 2.68 bits per heavy atom. The summed E-state index contributed by atoms with van der Waals surface area (Å²) in [5.74, 6) is -1.08. The number of hydrogen-bond acceptors (Lipinski definition) is 4. The number of nitrogens with one attached hydrogen (secondary N) is 1. The standard InChI is InChI=1S/C23H19F2N5O/c1-30-11-14(9-28-30)15-8-16(15)23(31)29-21-7-12-5-13(6-20(26)17(12)10-27-21)22-18(24)3-2-4-19(22)25/h2-7,9-11,15-16H,8,26H2,1H3,(H,27,29,31).